The number of hydrogen-bond acceptors (Lipinski definition) is 4. The molecule has 0 aliphatic heterocycles. The summed E-state index contributed by atoms with van der Waals surface area (Å²) < 4.78 is 1.36. The lowest BCUT2D eigenvalue weighted by molar-refractivity contribution is 0.102. The Balaban J connectivity index is 1.44. The average Bonchev–Trinajstić information content (AvgIpc) is 2.81. The van der Waals surface area contributed by atoms with Crippen LogP contribution in [0.15, 0.2) is 82.4 Å². The van der Waals surface area contributed by atoms with E-state index < -0.39 is 11.1 Å². The van der Waals surface area contributed by atoms with Gasteiger partial charge in [-0.15, -0.1) is 0 Å². The third kappa shape index (κ3) is 4.82. The van der Waals surface area contributed by atoms with Crippen molar-refractivity contribution in [3.63, 3.8) is 0 Å². The molecule has 0 radical (unpaired) electrons. The van der Waals surface area contributed by atoms with Gasteiger partial charge in [0.2, 0.25) is 0 Å². The molecule has 33 heavy (non-hydrogen) atoms. The van der Waals surface area contributed by atoms with E-state index in [-0.39, 0.29) is 11.9 Å². The van der Waals surface area contributed by atoms with Crippen molar-refractivity contribution in [3.05, 3.63) is 99.1 Å². The number of benzene rings is 3. The topological polar surface area (TPSA) is 125 Å². The van der Waals surface area contributed by atoms with Crippen LogP contribution in [0.4, 0.5) is 21.9 Å². The highest BCUT2D eigenvalue weighted by Gasteiger charge is 2.11. The maximum absolute atomic E-state index is 12.7. The summed E-state index contributed by atoms with van der Waals surface area (Å²) in [5.41, 5.74) is 1.66. The number of para-hydroxylation sites is 1. The second-order valence-corrected chi connectivity index (χ2v) is 7.21. The molecule has 4 N–H and O–H groups in total. The van der Waals surface area contributed by atoms with E-state index in [2.05, 4.69) is 20.9 Å². The predicted octanol–water partition coefficient (Wildman–Crippen LogP) is 3.61. The number of anilines is 3. The number of amides is 3. The van der Waals surface area contributed by atoms with Crippen LogP contribution in [0.3, 0.4) is 0 Å². The fourth-order valence-electron chi connectivity index (χ4n) is 3.39. The van der Waals surface area contributed by atoms with Gasteiger partial charge >= 0.3 is 17.1 Å². The second kappa shape index (κ2) is 9.23. The van der Waals surface area contributed by atoms with Crippen molar-refractivity contribution in [2.75, 3.05) is 16.0 Å². The number of aryl methyl sites for hydroxylation is 1. The molecule has 4 aromatic rings. The van der Waals surface area contributed by atoms with Crippen molar-refractivity contribution in [2.24, 2.45) is 0 Å². The molecular formula is C24H21N5O4. The zero-order chi connectivity index (χ0) is 23.4. The van der Waals surface area contributed by atoms with Crippen LogP contribution >= 0.6 is 0 Å². The number of carbonyl (C=O) groups is 2. The molecule has 0 bridgehead atoms. The monoisotopic (exact) mass is 443 g/mol. The van der Waals surface area contributed by atoms with Crippen molar-refractivity contribution in [2.45, 2.75) is 13.5 Å². The Morgan fingerprint density at radius 2 is 1.42 bits per heavy atom. The quantitative estimate of drug-likeness (QED) is 0.352. The average molecular weight is 443 g/mol. The minimum atomic E-state index is -0.735. The van der Waals surface area contributed by atoms with E-state index in [1.165, 1.54) is 10.6 Å². The lowest BCUT2D eigenvalue weighted by Crippen LogP contribution is -2.36. The summed E-state index contributed by atoms with van der Waals surface area (Å²) in [4.78, 5) is 51.1. The van der Waals surface area contributed by atoms with E-state index >= 15 is 0 Å². The van der Waals surface area contributed by atoms with Gasteiger partial charge in [-0.2, -0.15) is 0 Å². The molecule has 4 rings (SSSR count). The first-order valence-electron chi connectivity index (χ1n) is 10.3. The molecule has 166 valence electrons. The molecule has 1 aromatic heterocycles. The third-order valence-corrected chi connectivity index (χ3v) is 4.99. The number of fused-ring (bicyclic) bond motifs is 1. The molecular weight excluding hydrogens is 422 g/mol. The van der Waals surface area contributed by atoms with E-state index in [0.29, 0.717) is 40.2 Å². The SMILES string of the molecule is CCn1c(=O)c(=O)[nH]c2cc(C(=O)Nc3ccc(NC(=O)Nc4ccccc4)cc3)ccc21. The number of rotatable bonds is 5. The van der Waals surface area contributed by atoms with Crippen LogP contribution in [-0.2, 0) is 6.54 Å². The fourth-order valence-corrected chi connectivity index (χ4v) is 3.39. The molecule has 0 spiro atoms. The molecule has 9 heteroatoms. The highest BCUT2D eigenvalue weighted by molar-refractivity contribution is 6.06. The van der Waals surface area contributed by atoms with Crippen molar-refractivity contribution >= 4 is 40.0 Å². The van der Waals surface area contributed by atoms with Gasteiger partial charge in [0.05, 0.1) is 11.0 Å². The molecule has 0 saturated heterocycles. The Bertz CT molecular complexity index is 1440. The maximum atomic E-state index is 12.7. The van der Waals surface area contributed by atoms with Crippen molar-refractivity contribution in [3.8, 4) is 0 Å². The molecule has 0 aliphatic carbocycles. The molecule has 3 aromatic carbocycles. The fraction of sp³-hybridized carbons (Fsp3) is 0.0833. The lowest BCUT2D eigenvalue weighted by Gasteiger charge is -2.10. The van der Waals surface area contributed by atoms with Crippen molar-refractivity contribution in [1.29, 1.82) is 0 Å². The van der Waals surface area contributed by atoms with Crippen LogP contribution in [0, 0.1) is 0 Å². The Hall–Kier alpha value is -4.66. The number of nitrogens with one attached hydrogen (secondary N) is 4. The Kier molecular flexibility index (Phi) is 6.03. The number of aromatic amines is 1. The molecule has 1 heterocycles. The van der Waals surface area contributed by atoms with Gasteiger partial charge in [-0.1, -0.05) is 18.2 Å². The van der Waals surface area contributed by atoms with Crippen molar-refractivity contribution < 1.29 is 9.59 Å². The van der Waals surface area contributed by atoms with Gasteiger partial charge in [0.25, 0.3) is 5.91 Å². The van der Waals surface area contributed by atoms with E-state index in [1.807, 2.05) is 18.2 Å². The molecule has 0 aliphatic rings. The standard InChI is InChI=1S/C24H21N5O4/c1-2-29-20-13-8-15(14-19(20)28-22(31)23(29)32)21(30)25-17-9-11-18(12-10-17)27-24(33)26-16-6-4-3-5-7-16/h3-14H,2H2,1H3,(H,25,30)(H,28,31)(H2,26,27,33). The number of nitrogens with zero attached hydrogens (tertiary/aromatic N) is 1. The van der Waals surface area contributed by atoms with Crippen LogP contribution in [-0.4, -0.2) is 21.5 Å². The van der Waals surface area contributed by atoms with Gasteiger partial charge in [-0.25, -0.2) is 4.79 Å². The Morgan fingerprint density at radius 1 is 0.818 bits per heavy atom. The third-order valence-electron chi connectivity index (χ3n) is 4.99. The van der Waals surface area contributed by atoms with Crippen LogP contribution in [0.25, 0.3) is 11.0 Å². The molecule has 0 saturated carbocycles. The van der Waals surface area contributed by atoms with Crippen LogP contribution in [0.1, 0.15) is 17.3 Å². The van der Waals surface area contributed by atoms with Gasteiger partial charge in [0.15, 0.2) is 0 Å². The van der Waals surface area contributed by atoms with Crippen LogP contribution in [0.2, 0.25) is 0 Å². The number of hydrogen-bond donors (Lipinski definition) is 4. The first-order valence-corrected chi connectivity index (χ1v) is 10.3. The number of aromatic nitrogens is 2. The Labute approximate surface area is 188 Å². The summed E-state index contributed by atoms with van der Waals surface area (Å²) in [6, 6.07) is 20.1. The first-order chi connectivity index (χ1) is 15.9. The molecule has 0 unspecified atom stereocenters. The van der Waals surface area contributed by atoms with Crippen LogP contribution < -0.4 is 27.1 Å². The van der Waals surface area contributed by atoms with Gasteiger partial charge in [-0.05, 0) is 61.5 Å². The van der Waals surface area contributed by atoms with Crippen molar-refractivity contribution in [1.82, 2.24) is 9.55 Å². The molecule has 9 nitrogen and oxygen atoms in total. The number of H-pyrrole nitrogens is 1. The lowest BCUT2D eigenvalue weighted by atomic mass is 10.1. The maximum Gasteiger partial charge on any atom is 0.323 e. The summed E-state index contributed by atoms with van der Waals surface area (Å²) in [5.74, 6) is -0.380. The minimum absolute atomic E-state index is 0.323. The zero-order valence-corrected chi connectivity index (χ0v) is 17.7. The summed E-state index contributed by atoms with van der Waals surface area (Å²) in [6.07, 6.45) is 0. The zero-order valence-electron chi connectivity index (χ0n) is 17.7. The normalized spacial score (nSPS) is 10.6. The summed E-state index contributed by atoms with van der Waals surface area (Å²) in [7, 11) is 0. The van der Waals surface area contributed by atoms with E-state index in [4.69, 9.17) is 0 Å². The Morgan fingerprint density at radius 3 is 2.06 bits per heavy atom. The first kappa shape index (κ1) is 21.6. The smallest absolute Gasteiger partial charge is 0.322 e. The van der Waals surface area contributed by atoms with Crippen LogP contribution in [0.5, 0.6) is 0 Å². The molecule has 0 fully saturated rings. The van der Waals surface area contributed by atoms with E-state index in [1.54, 1.807) is 55.5 Å². The molecule has 0 atom stereocenters. The van der Waals surface area contributed by atoms with Gasteiger partial charge in [0, 0.05) is 29.2 Å². The predicted molar refractivity (Wildman–Crippen MR) is 128 cm³/mol. The largest absolute Gasteiger partial charge is 0.323 e. The van der Waals surface area contributed by atoms with E-state index in [9.17, 15) is 19.2 Å². The highest BCUT2D eigenvalue weighted by atomic mass is 16.2. The molecule has 3 amide bonds. The summed E-state index contributed by atoms with van der Waals surface area (Å²) in [5, 5.41) is 8.21. The van der Waals surface area contributed by atoms with Gasteiger partial charge in [-0.3, -0.25) is 14.4 Å². The number of urea groups is 1. The summed E-state index contributed by atoms with van der Waals surface area (Å²) in [6.45, 7) is 2.11. The highest BCUT2D eigenvalue weighted by Crippen LogP contribution is 2.17. The minimum Gasteiger partial charge on any atom is -0.322 e. The number of carbonyl (C=O) groups excluding carboxylic acids is 2. The van der Waals surface area contributed by atoms with E-state index in [0.717, 1.165) is 0 Å². The van der Waals surface area contributed by atoms with Gasteiger partial charge < -0.3 is 25.5 Å². The second-order valence-electron chi connectivity index (χ2n) is 7.21. The summed E-state index contributed by atoms with van der Waals surface area (Å²) >= 11 is 0. The van der Waals surface area contributed by atoms with Gasteiger partial charge in [0.1, 0.15) is 0 Å².